The molecule has 0 aromatic heterocycles. The van der Waals surface area contributed by atoms with Crippen LogP contribution in [-0.4, -0.2) is 16.8 Å². The van der Waals surface area contributed by atoms with E-state index in [1.54, 1.807) is 12.1 Å². The Morgan fingerprint density at radius 3 is 2.65 bits per heavy atom. The third-order valence-electron chi connectivity index (χ3n) is 2.89. The van der Waals surface area contributed by atoms with Crippen LogP contribution in [0.4, 0.5) is 5.69 Å². The zero-order chi connectivity index (χ0) is 14.4. The molecule has 20 heavy (non-hydrogen) atoms. The highest BCUT2D eigenvalue weighted by Gasteiger charge is 2.05. The molecule has 0 aliphatic rings. The summed E-state index contributed by atoms with van der Waals surface area (Å²) < 4.78 is 5.66. The molecule has 0 spiro atoms. The standard InChI is InChI=1S/C16H19NO3/c1-2-9-20-16-6-4-3-5-14(16)17-11-12-7-8-13(18)10-15(12)19/h3-8,10,17-19H,2,9,11H2,1H3. The van der Waals surface area contributed by atoms with Gasteiger partial charge in [0.2, 0.25) is 0 Å². The Morgan fingerprint density at radius 1 is 1.10 bits per heavy atom. The van der Waals surface area contributed by atoms with Crippen molar-refractivity contribution in [2.24, 2.45) is 0 Å². The van der Waals surface area contributed by atoms with Crippen LogP contribution in [-0.2, 0) is 6.54 Å². The summed E-state index contributed by atoms with van der Waals surface area (Å²) in [5.74, 6) is 0.926. The molecule has 0 bridgehead atoms. The minimum absolute atomic E-state index is 0.0536. The topological polar surface area (TPSA) is 61.7 Å². The van der Waals surface area contributed by atoms with Crippen LogP contribution in [0.5, 0.6) is 17.2 Å². The zero-order valence-electron chi connectivity index (χ0n) is 11.5. The van der Waals surface area contributed by atoms with Gasteiger partial charge in [0.05, 0.1) is 12.3 Å². The fourth-order valence-corrected chi connectivity index (χ4v) is 1.84. The van der Waals surface area contributed by atoms with Crippen LogP contribution >= 0.6 is 0 Å². The number of hydrogen-bond donors (Lipinski definition) is 3. The SMILES string of the molecule is CCCOc1ccccc1NCc1ccc(O)cc1O. The molecule has 2 aromatic rings. The molecule has 4 heteroatoms. The molecular formula is C16H19NO3. The quantitative estimate of drug-likeness (QED) is 0.754. The predicted molar refractivity (Wildman–Crippen MR) is 79.3 cm³/mol. The molecule has 2 aromatic carbocycles. The molecule has 0 saturated carbocycles. The first kappa shape index (κ1) is 14.1. The van der Waals surface area contributed by atoms with E-state index in [0.717, 1.165) is 17.9 Å². The van der Waals surface area contributed by atoms with Gasteiger partial charge in [-0.05, 0) is 30.7 Å². The largest absolute Gasteiger partial charge is 0.508 e. The molecule has 0 aliphatic carbocycles. The smallest absolute Gasteiger partial charge is 0.142 e. The molecule has 0 radical (unpaired) electrons. The van der Waals surface area contributed by atoms with Gasteiger partial charge in [0.1, 0.15) is 17.2 Å². The lowest BCUT2D eigenvalue weighted by atomic mass is 10.2. The molecule has 0 atom stereocenters. The molecular weight excluding hydrogens is 254 g/mol. The van der Waals surface area contributed by atoms with Crippen molar-refractivity contribution in [3.05, 3.63) is 48.0 Å². The molecule has 0 saturated heterocycles. The Balaban J connectivity index is 2.06. The number of para-hydroxylation sites is 2. The Morgan fingerprint density at radius 2 is 1.90 bits per heavy atom. The molecule has 106 valence electrons. The normalized spacial score (nSPS) is 10.2. The van der Waals surface area contributed by atoms with Crippen LogP contribution in [0.15, 0.2) is 42.5 Å². The highest BCUT2D eigenvalue weighted by atomic mass is 16.5. The van der Waals surface area contributed by atoms with E-state index >= 15 is 0 Å². The number of ether oxygens (including phenoxy) is 1. The van der Waals surface area contributed by atoms with Gasteiger partial charge in [-0.15, -0.1) is 0 Å². The molecule has 0 fully saturated rings. The van der Waals surface area contributed by atoms with Crippen LogP contribution in [0.1, 0.15) is 18.9 Å². The van der Waals surface area contributed by atoms with E-state index in [2.05, 4.69) is 12.2 Å². The number of anilines is 1. The van der Waals surface area contributed by atoms with Crippen LogP contribution in [0.25, 0.3) is 0 Å². The zero-order valence-corrected chi connectivity index (χ0v) is 11.5. The van der Waals surface area contributed by atoms with Crippen LogP contribution < -0.4 is 10.1 Å². The minimum atomic E-state index is 0.0536. The lowest BCUT2D eigenvalue weighted by Gasteiger charge is -2.13. The van der Waals surface area contributed by atoms with Gasteiger partial charge in [-0.2, -0.15) is 0 Å². The second-order valence-electron chi connectivity index (χ2n) is 4.51. The average molecular weight is 273 g/mol. The van der Waals surface area contributed by atoms with Gasteiger partial charge in [-0.1, -0.05) is 19.1 Å². The number of hydrogen-bond acceptors (Lipinski definition) is 4. The highest BCUT2D eigenvalue weighted by molar-refractivity contribution is 5.57. The Bertz CT molecular complexity index is 569. The molecule has 0 heterocycles. The van der Waals surface area contributed by atoms with E-state index in [0.29, 0.717) is 18.7 Å². The minimum Gasteiger partial charge on any atom is -0.508 e. The lowest BCUT2D eigenvalue weighted by Crippen LogP contribution is -2.03. The maximum atomic E-state index is 9.75. The number of phenols is 2. The second kappa shape index (κ2) is 6.70. The fraction of sp³-hybridized carbons (Fsp3) is 0.250. The molecule has 2 rings (SSSR count). The fourth-order valence-electron chi connectivity index (χ4n) is 1.84. The van der Waals surface area contributed by atoms with Crippen molar-refractivity contribution < 1.29 is 14.9 Å². The Hall–Kier alpha value is -2.36. The lowest BCUT2D eigenvalue weighted by molar-refractivity contribution is 0.319. The summed E-state index contributed by atoms with van der Waals surface area (Å²) in [7, 11) is 0. The van der Waals surface area contributed by atoms with Crippen LogP contribution in [0.3, 0.4) is 0 Å². The van der Waals surface area contributed by atoms with Gasteiger partial charge >= 0.3 is 0 Å². The van der Waals surface area contributed by atoms with E-state index in [4.69, 9.17) is 4.74 Å². The van der Waals surface area contributed by atoms with Crippen LogP contribution in [0.2, 0.25) is 0 Å². The monoisotopic (exact) mass is 273 g/mol. The van der Waals surface area contributed by atoms with Gasteiger partial charge in [0.15, 0.2) is 0 Å². The Labute approximate surface area is 118 Å². The third-order valence-corrected chi connectivity index (χ3v) is 2.89. The summed E-state index contributed by atoms with van der Waals surface area (Å²) in [6.07, 6.45) is 0.951. The summed E-state index contributed by atoms with van der Waals surface area (Å²) >= 11 is 0. The summed E-state index contributed by atoms with van der Waals surface area (Å²) in [6.45, 7) is 3.19. The van der Waals surface area contributed by atoms with Crippen LogP contribution in [0, 0.1) is 0 Å². The highest BCUT2D eigenvalue weighted by Crippen LogP contribution is 2.27. The maximum Gasteiger partial charge on any atom is 0.142 e. The first-order chi connectivity index (χ1) is 9.70. The summed E-state index contributed by atoms with van der Waals surface area (Å²) in [5, 5.41) is 22.2. The van der Waals surface area contributed by atoms with Crippen molar-refractivity contribution in [3.8, 4) is 17.2 Å². The average Bonchev–Trinajstić information content (AvgIpc) is 2.45. The van der Waals surface area contributed by atoms with Crippen molar-refractivity contribution >= 4 is 5.69 Å². The van der Waals surface area contributed by atoms with Crippen molar-refractivity contribution in [1.29, 1.82) is 0 Å². The van der Waals surface area contributed by atoms with E-state index in [1.165, 1.54) is 6.07 Å². The molecule has 4 nitrogen and oxygen atoms in total. The summed E-state index contributed by atoms with van der Waals surface area (Å²) in [4.78, 5) is 0. The van der Waals surface area contributed by atoms with Gasteiger partial charge < -0.3 is 20.3 Å². The van der Waals surface area contributed by atoms with E-state index < -0.39 is 0 Å². The van der Waals surface area contributed by atoms with Crippen molar-refractivity contribution in [1.82, 2.24) is 0 Å². The third kappa shape index (κ3) is 3.57. The number of aromatic hydroxyl groups is 2. The van der Waals surface area contributed by atoms with Gasteiger partial charge in [0.25, 0.3) is 0 Å². The van der Waals surface area contributed by atoms with Crippen molar-refractivity contribution in [3.63, 3.8) is 0 Å². The van der Waals surface area contributed by atoms with E-state index in [1.807, 2.05) is 24.3 Å². The first-order valence-corrected chi connectivity index (χ1v) is 6.67. The molecule has 3 N–H and O–H groups in total. The van der Waals surface area contributed by atoms with Crippen molar-refractivity contribution in [2.45, 2.75) is 19.9 Å². The molecule has 0 unspecified atom stereocenters. The first-order valence-electron chi connectivity index (χ1n) is 6.67. The summed E-state index contributed by atoms with van der Waals surface area (Å²) in [5.41, 5.74) is 1.60. The molecule has 0 aliphatic heterocycles. The summed E-state index contributed by atoms with van der Waals surface area (Å²) in [6, 6.07) is 12.3. The van der Waals surface area contributed by atoms with Crippen molar-refractivity contribution in [2.75, 3.05) is 11.9 Å². The van der Waals surface area contributed by atoms with Gasteiger partial charge in [-0.25, -0.2) is 0 Å². The predicted octanol–water partition coefficient (Wildman–Crippen LogP) is 3.50. The second-order valence-corrected chi connectivity index (χ2v) is 4.51. The number of benzene rings is 2. The number of rotatable bonds is 6. The van der Waals surface area contributed by atoms with E-state index in [-0.39, 0.29) is 11.5 Å². The molecule has 0 amide bonds. The van der Waals surface area contributed by atoms with E-state index in [9.17, 15) is 10.2 Å². The van der Waals surface area contributed by atoms with Gasteiger partial charge in [0, 0.05) is 18.2 Å². The number of phenolic OH excluding ortho intramolecular Hbond substituents is 2. The number of nitrogens with one attached hydrogen (secondary N) is 1. The van der Waals surface area contributed by atoms with Gasteiger partial charge in [-0.3, -0.25) is 0 Å². The maximum absolute atomic E-state index is 9.75. The Kier molecular flexibility index (Phi) is 4.71.